The van der Waals surface area contributed by atoms with Gasteiger partial charge in [-0.25, -0.2) is 0 Å². The summed E-state index contributed by atoms with van der Waals surface area (Å²) in [7, 11) is 1.80. The first-order valence-corrected chi connectivity index (χ1v) is 6.37. The van der Waals surface area contributed by atoms with E-state index in [1.807, 2.05) is 24.0 Å². The number of aromatic nitrogens is 1. The number of rotatable bonds is 2. The van der Waals surface area contributed by atoms with Gasteiger partial charge in [0.05, 0.1) is 0 Å². The smallest absolute Gasteiger partial charge is 0.250 e. The molecule has 0 radical (unpaired) electrons. The number of hydrogen-bond acceptors (Lipinski definition) is 3. The molecular weight excluding hydrogens is 208 g/mol. The maximum Gasteiger partial charge on any atom is 0.250 e. The summed E-state index contributed by atoms with van der Waals surface area (Å²) in [4.78, 5) is 13.7. The van der Waals surface area contributed by atoms with Crippen molar-refractivity contribution in [1.82, 2.24) is 9.47 Å². The number of pyridine rings is 1. The minimum atomic E-state index is 0.0629. The van der Waals surface area contributed by atoms with Crippen LogP contribution in [0.2, 0.25) is 0 Å². The Balaban J connectivity index is 2.03. The molecule has 0 aromatic carbocycles. The van der Waals surface area contributed by atoms with Crippen LogP contribution in [0.3, 0.4) is 0 Å². The third kappa shape index (κ3) is 2.86. The number of hydrogen-bond donors (Lipinski definition) is 0. The van der Waals surface area contributed by atoms with Crippen LogP contribution in [0.1, 0.15) is 5.56 Å². The van der Waals surface area contributed by atoms with E-state index in [0.29, 0.717) is 0 Å². The molecule has 4 heteroatoms. The first kappa shape index (κ1) is 10.8. The van der Waals surface area contributed by atoms with Gasteiger partial charge < -0.3 is 4.57 Å². The summed E-state index contributed by atoms with van der Waals surface area (Å²) >= 11 is 2.02. The molecule has 3 nitrogen and oxygen atoms in total. The molecule has 1 aromatic rings. The lowest BCUT2D eigenvalue weighted by Gasteiger charge is -2.26. The van der Waals surface area contributed by atoms with Crippen molar-refractivity contribution in [2.75, 3.05) is 24.6 Å². The van der Waals surface area contributed by atoms with Crippen LogP contribution in [0, 0.1) is 0 Å². The van der Waals surface area contributed by atoms with E-state index in [2.05, 4.69) is 4.90 Å². The normalized spacial score (nSPS) is 17.9. The van der Waals surface area contributed by atoms with Crippen LogP contribution in [-0.4, -0.2) is 34.1 Å². The van der Waals surface area contributed by atoms with Crippen LogP contribution in [0.25, 0.3) is 0 Å². The Morgan fingerprint density at radius 2 is 2.07 bits per heavy atom. The van der Waals surface area contributed by atoms with Gasteiger partial charge in [0.1, 0.15) is 0 Å². The summed E-state index contributed by atoms with van der Waals surface area (Å²) in [5.74, 6) is 2.46. The maximum atomic E-state index is 11.2. The Morgan fingerprint density at radius 1 is 1.33 bits per heavy atom. The van der Waals surface area contributed by atoms with Gasteiger partial charge in [-0.1, -0.05) is 6.07 Å². The lowest BCUT2D eigenvalue weighted by atomic mass is 10.2. The Labute approximate surface area is 94.1 Å². The quantitative estimate of drug-likeness (QED) is 0.747. The molecule has 1 aliphatic rings. The van der Waals surface area contributed by atoms with E-state index in [9.17, 15) is 4.79 Å². The highest BCUT2D eigenvalue weighted by atomic mass is 32.2. The molecule has 0 N–H and O–H groups in total. The molecular formula is C11H16N2OS. The maximum absolute atomic E-state index is 11.2. The Kier molecular flexibility index (Phi) is 3.49. The number of thioether (sulfide) groups is 1. The number of aryl methyl sites for hydroxylation is 1. The third-order valence-electron chi connectivity index (χ3n) is 2.66. The van der Waals surface area contributed by atoms with Crippen LogP contribution in [0.15, 0.2) is 23.1 Å². The molecule has 1 saturated heterocycles. The van der Waals surface area contributed by atoms with Crippen molar-refractivity contribution in [2.45, 2.75) is 6.54 Å². The highest BCUT2D eigenvalue weighted by Gasteiger charge is 2.10. The first-order valence-electron chi connectivity index (χ1n) is 5.21. The topological polar surface area (TPSA) is 25.2 Å². The molecule has 0 amide bonds. The monoisotopic (exact) mass is 224 g/mol. The van der Waals surface area contributed by atoms with Crippen LogP contribution >= 0.6 is 11.8 Å². The summed E-state index contributed by atoms with van der Waals surface area (Å²) in [6, 6.07) is 3.58. The third-order valence-corrected chi connectivity index (χ3v) is 3.60. The van der Waals surface area contributed by atoms with Crippen LogP contribution < -0.4 is 5.56 Å². The fraction of sp³-hybridized carbons (Fsp3) is 0.545. The van der Waals surface area contributed by atoms with Crippen LogP contribution in [-0.2, 0) is 13.6 Å². The van der Waals surface area contributed by atoms with Gasteiger partial charge >= 0.3 is 0 Å². The van der Waals surface area contributed by atoms with Gasteiger partial charge in [-0.2, -0.15) is 11.8 Å². The molecule has 15 heavy (non-hydrogen) atoms. The molecule has 1 aliphatic heterocycles. The molecule has 1 aromatic heterocycles. The zero-order valence-corrected chi connectivity index (χ0v) is 9.80. The predicted molar refractivity (Wildman–Crippen MR) is 64.3 cm³/mol. The minimum Gasteiger partial charge on any atom is -0.318 e. The molecule has 0 aliphatic carbocycles. The molecule has 0 spiro atoms. The van der Waals surface area contributed by atoms with E-state index in [1.54, 1.807) is 17.7 Å². The lowest BCUT2D eigenvalue weighted by Crippen LogP contribution is -2.32. The van der Waals surface area contributed by atoms with Crippen molar-refractivity contribution in [1.29, 1.82) is 0 Å². The molecule has 0 unspecified atom stereocenters. The fourth-order valence-electron chi connectivity index (χ4n) is 1.76. The zero-order chi connectivity index (χ0) is 10.7. The summed E-state index contributed by atoms with van der Waals surface area (Å²) in [5.41, 5.74) is 1.29. The van der Waals surface area contributed by atoms with E-state index < -0.39 is 0 Å². The van der Waals surface area contributed by atoms with Gasteiger partial charge in [-0.15, -0.1) is 0 Å². The van der Waals surface area contributed by atoms with Crippen molar-refractivity contribution in [3.8, 4) is 0 Å². The number of nitrogens with zero attached hydrogens (tertiary/aromatic N) is 2. The summed E-state index contributed by atoms with van der Waals surface area (Å²) in [6.45, 7) is 3.29. The van der Waals surface area contributed by atoms with Crippen LogP contribution in [0.5, 0.6) is 0 Å². The van der Waals surface area contributed by atoms with E-state index in [1.165, 1.54) is 17.1 Å². The second kappa shape index (κ2) is 4.86. The average molecular weight is 224 g/mol. The van der Waals surface area contributed by atoms with Gasteiger partial charge in [0.15, 0.2) is 0 Å². The van der Waals surface area contributed by atoms with Gasteiger partial charge in [0.2, 0.25) is 5.56 Å². The van der Waals surface area contributed by atoms with Crippen molar-refractivity contribution in [2.24, 2.45) is 7.05 Å². The zero-order valence-electron chi connectivity index (χ0n) is 8.98. The largest absolute Gasteiger partial charge is 0.318 e. The van der Waals surface area contributed by atoms with E-state index in [0.717, 1.165) is 19.6 Å². The minimum absolute atomic E-state index is 0.0629. The summed E-state index contributed by atoms with van der Waals surface area (Å²) in [5, 5.41) is 0. The Hall–Kier alpha value is -0.740. The standard InChI is InChI=1S/C11H16N2OS/c1-12-8-10(2-3-11(12)14)9-13-4-6-15-7-5-13/h2-3,8H,4-7,9H2,1H3. The average Bonchev–Trinajstić information content (AvgIpc) is 2.25. The molecule has 1 fully saturated rings. The molecule has 0 bridgehead atoms. The van der Waals surface area contributed by atoms with Gasteiger partial charge in [0.25, 0.3) is 0 Å². The molecule has 0 saturated carbocycles. The highest BCUT2D eigenvalue weighted by molar-refractivity contribution is 7.99. The summed E-state index contributed by atoms with van der Waals surface area (Å²) < 4.78 is 1.65. The molecule has 82 valence electrons. The van der Waals surface area contributed by atoms with Gasteiger partial charge in [0, 0.05) is 50.5 Å². The Bertz CT molecular complexity index is 382. The van der Waals surface area contributed by atoms with Crippen molar-refractivity contribution >= 4 is 11.8 Å². The first-order chi connectivity index (χ1) is 7.25. The summed E-state index contributed by atoms with van der Waals surface area (Å²) in [6.07, 6.45) is 1.93. The van der Waals surface area contributed by atoms with Crippen molar-refractivity contribution in [3.63, 3.8) is 0 Å². The van der Waals surface area contributed by atoms with E-state index in [-0.39, 0.29) is 5.56 Å². The van der Waals surface area contributed by atoms with E-state index >= 15 is 0 Å². The second-order valence-corrected chi connectivity index (χ2v) is 5.10. The van der Waals surface area contributed by atoms with Gasteiger partial charge in [-0.3, -0.25) is 9.69 Å². The molecule has 2 heterocycles. The molecule has 0 atom stereocenters. The molecule has 2 rings (SSSR count). The Morgan fingerprint density at radius 3 is 2.73 bits per heavy atom. The fourth-order valence-corrected chi connectivity index (χ4v) is 2.74. The van der Waals surface area contributed by atoms with Gasteiger partial charge in [-0.05, 0) is 5.56 Å². The van der Waals surface area contributed by atoms with E-state index in [4.69, 9.17) is 0 Å². The lowest BCUT2D eigenvalue weighted by molar-refractivity contribution is 0.294. The SMILES string of the molecule is Cn1cc(CN2CCSCC2)ccc1=O. The highest BCUT2D eigenvalue weighted by Crippen LogP contribution is 2.11. The second-order valence-electron chi connectivity index (χ2n) is 3.88. The predicted octanol–water partition coefficient (Wildman–Crippen LogP) is 0.934. The van der Waals surface area contributed by atoms with Crippen molar-refractivity contribution in [3.05, 3.63) is 34.2 Å². The van der Waals surface area contributed by atoms with Crippen LogP contribution in [0.4, 0.5) is 0 Å². The van der Waals surface area contributed by atoms with Crippen molar-refractivity contribution < 1.29 is 0 Å².